The van der Waals surface area contributed by atoms with E-state index in [2.05, 4.69) is 52.5 Å². The van der Waals surface area contributed by atoms with Crippen molar-refractivity contribution in [3.63, 3.8) is 0 Å². The second-order valence-corrected chi connectivity index (χ2v) is 7.96. The summed E-state index contributed by atoms with van der Waals surface area (Å²) in [6.45, 7) is 7.10. The molecule has 5 nitrogen and oxygen atoms in total. The number of aromatic nitrogens is 1. The van der Waals surface area contributed by atoms with Crippen molar-refractivity contribution >= 4 is 11.8 Å². The predicted molar refractivity (Wildman–Crippen MR) is 98.1 cm³/mol. The van der Waals surface area contributed by atoms with Crippen molar-refractivity contribution < 1.29 is 9.53 Å². The van der Waals surface area contributed by atoms with E-state index in [1.807, 2.05) is 25.7 Å². The van der Waals surface area contributed by atoms with Gasteiger partial charge in [0.05, 0.1) is 16.9 Å². The number of para-hydroxylation sites is 2. The number of hydrogen-bond acceptors (Lipinski definition) is 3. The lowest BCUT2D eigenvalue weighted by atomic mass is 9.82. The van der Waals surface area contributed by atoms with Gasteiger partial charge < -0.3 is 19.5 Å². The highest BCUT2D eigenvalue weighted by molar-refractivity contribution is 5.69. The van der Waals surface area contributed by atoms with E-state index in [9.17, 15) is 4.79 Å². The SMILES string of the molecule is CC(C)(C)OC(=O)N1CCC2(CC1)Nc1ccccc1-n1cccc12. The van der Waals surface area contributed by atoms with Crippen molar-refractivity contribution in [2.75, 3.05) is 18.4 Å². The number of likely N-dealkylation sites (tertiary alicyclic amines) is 1. The number of anilines is 1. The fraction of sp³-hybridized carbons (Fsp3) is 0.450. The topological polar surface area (TPSA) is 46.5 Å². The Morgan fingerprint density at radius 2 is 1.84 bits per heavy atom. The Hall–Kier alpha value is -2.43. The van der Waals surface area contributed by atoms with E-state index in [0.29, 0.717) is 13.1 Å². The summed E-state index contributed by atoms with van der Waals surface area (Å²) in [4.78, 5) is 14.2. The molecule has 1 spiro atoms. The largest absolute Gasteiger partial charge is 0.444 e. The number of fused-ring (bicyclic) bond motifs is 4. The second kappa shape index (κ2) is 5.55. The Morgan fingerprint density at radius 1 is 1.12 bits per heavy atom. The molecule has 0 bridgehead atoms. The smallest absolute Gasteiger partial charge is 0.410 e. The Kier molecular flexibility index (Phi) is 3.56. The Morgan fingerprint density at radius 3 is 2.56 bits per heavy atom. The van der Waals surface area contributed by atoms with Crippen molar-refractivity contribution in [1.29, 1.82) is 0 Å². The normalized spacial score (nSPS) is 18.3. The van der Waals surface area contributed by atoms with E-state index in [-0.39, 0.29) is 11.6 Å². The zero-order valence-electron chi connectivity index (χ0n) is 15.1. The van der Waals surface area contributed by atoms with Gasteiger partial charge in [-0.3, -0.25) is 0 Å². The Bertz CT molecular complexity index is 795. The molecule has 0 radical (unpaired) electrons. The molecule has 1 amide bonds. The first-order chi connectivity index (χ1) is 11.9. The average molecular weight is 339 g/mol. The van der Waals surface area contributed by atoms with Crippen molar-refractivity contribution in [3.05, 3.63) is 48.3 Å². The maximum atomic E-state index is 12.4. The maximum absolute atomic E-state index is 12.4. The number of ether oxygens (including phenoxy) is 1. The number of nitrogens with one attached hydrogen (secondary N) is 1. The molecule has 0 atom stereocenters. The number of rotatable bonds is 0. The van der Waals surface area contributed by atoms with Crippen LogP contribution in [0.4, 0.5) is 10.5 Å². The molecule has 0 aliphatic carbocycles. The van der Waals surface area contributed by atoms with Crippen LogP contribution < -0.4 is 5.32 Å². The summed E-state index contributed by atoms with van der Waals surface area (Å²) in [6.07, 6.45) is 3.64. The maximum Gasteiger partial charge on any atom is 0.410 e. The molecule has 4 rings (SSSR count). The minimum atomic E-state index is -0.455. The van der Waals surface area contributed by atoms with Gasteiger partial charge in [-0.25, -0.2) is 4.79 Å². The molecule has 1 N–H and O–H groups in total. The summed E-state index contributed by atoms with van der Waals surface area (Å²) in [6, 6.07) is 12.7. The van der Waals surface area contributed by atoms with Gasteiger partial charge in [-0.1, -0.05) is 12.1 Å². The van der Waals surface area contributed by atoms with E-state index in [4.69, 9.17) is 4.74 Å². The van der Waals surface area contributed by atoms with Crippen molar-refractivity contribution in [3.8, 4) is 5.69 Å². The first-order valence-corrected chi connectivity index (χ1v) is 8.91. The van der Waals surface area contributed by atoms with E-state index in [1.165, 1.54) is 11.4 Å². The molecule has 2 aliphatic heterocycles. The van der Waals surface area contributed by atoms with Crippen LogP contribution >= 0.6 is 0 Å². The van der Waals surface area contributed by atoms with Crippen LogP contribution in [0, 0.1) is 0 Å². The van der Waals surface area contributed by atoms with Crippen LogP contribution in [0.25, 0.3) is 5.69 Å². The number of carbonyl (C=O) groups is 1. The van der Waals surface area contributed by atoms with Gasteiger partial charge in [0.2, 0.25) is 0 Å². The van der Waals surface area contributed by atoms with Crippen LogP contribution in [-0.4, -0.2) is 34.3 Å². The number of amides is 1. The van der Waals surface area contributed by atoms with E-state index < -0.39 is 5.60 Å². The standard InChI is InChI=1S/C20H25N3O2/c1-19(2,3)25-18(24)22-13-10-20(11-14-22)17-9-6-12-23(17)16-8-5-4-7-15(16)21-20/h4-9,12,21H,10-11,13-14H2,1-3H3. The van der Waals surface area contributed by atoms with Crippen molar-refractivity contribution in [2.24, 2.45) is 0 Å². The molecule has 0 saturated carbocycles. The first-order valence-electron chi connectivity index (χ1n) is 8.91. The van der Waals surface area contributed by atoms with Gasteiger partial charge in [0.1, 0.15) is 5.60 Å². The molecule has 1 fully saturated rings. The van der Waals surface area contributed by atoms with Gasteiger partial charge in [-0.15, -0.1) is 0 Å². The van der Waals surface area contributed by atoms with Crippen LogP contribution in [0.15, 0.2) is 42.6 Å². The molecule has 0 unspecified atom stereocenters. The molecule has 25 heavy (non-hydrogen) atoms. The van der Waals surface area contributed by atoms with Crippen LogP contribution in [0.2, 0.25) is 0 Å². The lowest BCUT2D eigenvalue weighted by Gasteiger charge is -2.46. The zero-order valence-corrected chi connectivity index (χ0v) is 15.1. The molecule has 2 aromatic rings. The average Bonchev–Trinajstić information content (AvgIpc) is 3.05. The summed E-state index contributed by atoms with van der Waals surface area (Å²) in [5.41, 5.74) is 3.02. The molecule has 5 heteroatoms. The fourth-order valence-corrected chi connectivity index (χ4v) is 3.87. The third-order valence-corrected chi connectivity index (χ3v) is 5.05. The highest BCUT2D eigenvalue weighted by Gasteiger charge is 2.42. The number of benzene rings is 1. The number of carbonyl (C=O) groups excluding carboxylic acids is 1. The lowest BCUT2D eigenvalue weighted by molar-refractivity contribution is 0.0172. The molecular formula is C20H25N3O2. The van der Waals surface area contributed by atoms with E-state index in [1.54, 1.807) is 0 Å². The van der Waals surface area contributed by atoms with Crippen LogP contribution in [0.5, 0.6) is 0 Å². The van der Waals surface area contributed by atoms with E-state index in [0.717, 1.165) is 18.5 Å². The second-order valence-electron chi connectivity index (χ2n) is 7.96. The van der Waals surface area contributed by atoms with Crippen LogP contribution in [0.3, 0.4) is 0 Å². The summed E-state index contributed by atoms with van der Waals surface area (Å²) in [7, 11) is 0. The van der Waals surface area contributed by atoms with Gasteiger partial charge in [-0.2, -0.15) is 0 Å². The number of nitrogens with zero attached hydrogens (tertiary/aromatic N) is 2. The van der Waals surface area contributed by atoms with Crippen LogP contribution in [0.1, 0.15) is 39.3 Å². The van der Waals surface area contributed by atoms with Crippen LogP contribution in [-0.2, 0) is 10.3 Å². The van der Waals surface area contributed by atoms with Gasteiger partial charge in [0.25, 0.3) is 0 Å². The quantitative estimate of drug-likeness (QED) is 0.785. The molecular weight excluding hydrogens is 314 g/mol. The van der Waals surface area contributed by atoms with Gasteiger partial charge in [0.15, 0.2) is 0 Å². The minimum absolute atomic E-state index is 0.129. The highest BCUT2D eigenvalue weighted by Crippen LogP contribution is 2.43. The minimum Gasteiger partial charge on any atom is -0.444 e. The number of hydrogen-bond donors (Lipinski definition) is 1. The summed E-state index contributed by atoms with van der Waals surface area (Å²) in [5, 5.41) is 3.76. The van der Waals surface area contributed by atoms with Gasteiger partial charge in [-0.05, 0) is 57.9 Å². The van der Waals surface area contributed by atoms with Crippen molar-refractivity contribution in [1.82, 2.24) is 9.47 Å². The summed E-state index contributed by atoms with van der Waals surface area (Å²) < 4.78 is 7.80. The Balaban J connectivity index is 1.57. The van der Waals surface area contributed by atoms with Gasteiger partial charge in [0, 0.05) is 25.0 Å². The third-order valence-electron chi connectivity index (χ3n) is 5.05. The number of piperidine rings is 1. The molecule has 2 aliphatic rings. The highest BCUT2D eigenvalue weighted by atomic mass is 16.6. The molecule has 1 aromatic carbocycles. The summed E-state index contributed by atoms with van der Waals surface area (Å²) in [5.74, 6) is 0. The predicted octanol–water partition coefficient (Wildman–Crippen LogP) is 4.13. The Labute approximate surface area is 148 Å². The molecule has 132 valence electrons. The third kappa shape index (κ3) is 2.77. The van der Waals surface area contributed by atoms with E-state index >= 15 is 0 Å². The molecule has 3 heterocycles. The monoisotopic (exact) mass is 339 g/mol. The summed E-state index contributed by atoms with van der Waals surface area (Å²) >= 11 is 0. The molecule has 1 saturated heterocycles. The first kappa shape index (κ1) is 16.1. The molecule has 1 aromatic heterocycles. The van der Waals surface area contributed by atoms with Crippen molar-refractivity contribution in [2.45, 2.75) is 44.8 Å². The lowest BCUT2D eigenvalue weighted by Crippen LogP contribution is -2.51. The van der Waals surface area contributed by atoms with Gasteiger partial charge >= 0.3 is 6.09 Å². The fourth-order valence-electron chi connectivity index (χ4n) is 3.87. The zero-order chi connectivity index (χ0) is 17.7.